The number of H-pyrrole nitrogens is 1. The highest BCUT2D eigenvalue weighted by Crippen LogP contribution is 2.45. The quantitative estimate of drug-likeness (QED) is 0.850. The highest BCUT2D eigenvalue weighted by molar-refractivity contribution is 5.84. The number of benzene rings is 1. The van der Waals surface area contributed by atoms with E-state index in [1.807, 2.05) is 0 Å². The molecule has 0 aliphatic carbocycles. The van der Waals surface area contributed by atoms with Crippen molar-refractivity contribution in [2.24, 2.45) is 11.8 Å². The summed E-state index contributed by atoms with van der Waals surface area (Å²) in [5.41, 5.74) is 3.84. The Labute approximate surface area is 131 Å². The molecule has 0 spiro atoms. The van der Waals surface area contributed by atoms with Crippen LogP contribution in [-0.4, -0.2) is 34.7 Å². The summed E-state index contributed by atoms with van der Waals surface area (Å²) in [7, 11) is 0. The van der Waals surface area contributed by atoms with Crippen molar-refractivity contribution in [1.82, 2.24) is 9.88 Å². The van der Waals surface area contributed by atoms with Crippen molar-refractivity contribution >= 4 is 10.9 Å². The third kappa shape index (κ3) is 2.11. The Balaban J connectivity index is 1.75. The van der Waals surface area contributed by atoms with Gasteiger partial charge in [0.15, 0.2) is 0 Å². The van der Waals surface area contributed by atoms with Gasteiger partial charge in [-0.3, -0.25) is 4.90 Å². The van der Waals surface area contributed by atoms with E-state index in [2.05, 4.69) is 46.8 Å². The fourth-order valence-electron chi connectivity index (χ4n) is 4.52. The van der Waals surface area contributed by atoms with Gasteiger partial charge in [-0.1, -0.05) is 24.3 Å². The first kappa shape index (κ1) is 14.0. The zero-order valence-corrected chi connectivity index (χ0v) is 13.0. The Morgan fingerprint density at radius 1 is 1.36 bits per heavy atom. The van der Waals surface area contributed by atoms with Crippen molar-refractivity contribution in [3.63, 3.8) is 0 Å². The van der Waals surface area contributed by atoms with Crippen LogP contribution in [0.25, 0.3) is 10.9 Å². The van der Waals surface area contributed by atoms with Gasteiger partial charge in [0.2, 0.25) is 0 Å². The number of aromatic amines is 1. The number of rotatable bonds is 4. The molecule has 1 aromatic carbocycles. The van der Waals surface area contributed by atoms with Crippen molar-refractivity contribution in [3.8, 4) is 0 Å². The molecule has 4 atom stereocenters. The second-order valence-corrected chi connectivity index (χ2v) is 6.73. The molecule has 0 saturated carbocycles. The number of para-hydroxylation sites is 1. The first-order valence-electron chi connectivity index (χ1n) is 8.38. The van der Waals surface area contributed by atoms with Gasteiger partial charge in [0.05, 0.1) is 6.04 Å². The normalized spacial score (nSPS) is 30.8. The summed E-state index contributed by atoms with van der Waals surface area (Å²) >= 11 is 0. The molecule has 2 aromatic rings. The molecule has 2 bridgehead atoms. The molecule has 1 aromatic heterocycles. The number of aliphatic hydroxyl groups is 1. The number of piperidine rings is 3. The summed E-state index contributed by atoms with van der Waals surface area (Å²) in [6.45, 7) is 6.54. The number of aliphatic hydroxyl groups excluding tert-OH is 1. The summed E-state index contributed by atoms with van der Waals surface area (Å²) < 4.78 is 0. The molecule has 3 nitrogen and oxygen atoms in total. The predicted molar refractivity (Wildman–Crippen MR) is 89.8 cm³/mol. The lowest BCUT2D eigenvalue weighted by atomic mass is 9.74. The first-order valence-corrected chi connectivity index (χ1v) is 8.38. The molecular formula is C19H24N2O. The molecule has 3 heteroatoms. The van der Waals surface area contributed by atoms with Crippen molar-refractivity contribution in [3.05, 3.63) is 48.2 Å². The van der Waals surface area contributed by atoms with E-state index in [9.17, 15) is 5.11 Å². The van der Waals surface area contributed by atoms with Gasteiger partial charge < -0.3 is 10.1 Å². The standard InChI is InChI=1S/C19H24N2O/c1-2-13-12-21-9-7-14(13)11-18(21)19-16(8-10-22)15-5-3-4-6-17(15)20-19/h2-6,13-14,18,20,22H,1,7-12H2/t13-,14+,18?/m0/s1. The number of fused-ring (bicyclic) bond motifs is 4. The molecule has 5 rings (SSSR count). The molecule has 3 fully saturated rings. The largest absolute Gasteiger partial charge is 0.396 e. The van der Waals surface area contributed by atoms with Crippen molar-refractivity contribution in [1.29, 1.82) is 0 Å². The van der Waals surface area contributed by atoms with Gasteiger partial charge in [-0.2, -0.15) is 0 Å². The second kappa shape index (κ2) is 5.56. The molecule has 3 aliphatic heterocycles. The summed E-state index contributed by atoms with van der Waals surface area (Å²) in [5.74, 6) is 1.41. The second-order valence-electron chi connectivity index (χ2n) is 6.73. The van der Waals surface area contributed by atoms with Gasteiger partial charge in [-0.15, -0.1) is 6.58 Å². The van der Waals surface area contributed by atoms with Crippen molar-refractivity contribution in [2.75, 3.05) is 19.7 Å². The third-order valence-corrected chi connectivity index (χ3v) is 5.65. The number of nitrogens with one attached hydrogen (secondary N) is 1. The zero-order valence-electron chi connectivity index (χ0n) is 13.0. The number of hydrogen-bond donors (Lipinski definition) is 2. The van der Waals surface area contributed by atoms with Gasteiger partial charge in [0, 0.05) is 29.7 Å². The van der Waals surface area contributed by atoms with Crippen LogP contribution in [0.2, 0.25) is 0 Å². The van der Waals surface area contributed by atoms with Crippen LogP contribution in [0.1, 0.15) is 30.1 Å². The molecule has 0 amide bonds. The van der Waals surface area contributed by atoms with Crippen LogP contribution < -0.4 is 0 Å². The minimum Gasteiger partial charge on any atom is -0.396 e. The molecule has 2 unspecified atom stereocenters. The molecule has 0 radical (unpaired) electrons. The molecule has 3 aliphatic rings. The number of aromatic nitrogens is 1. The molecule has 3 saturated heterocycles. The van der Waals surface area contributed by atoms with Crippen molar-refractivity contribution < 1.29 is 5.11 Å². The van der Waals surface area contributed by atoms with E-state index in [0.717, 1.165) is 18.9 Å². The Morgan fingerprint density at radius 2 is 2.23 bits per heavy atom. The van der Waals surface area contributed by atoms with Crippen LogP contribution >= 0.6 is 0 Å². The molecular weight excluding hydrogens is 272 g/mol. The average molecular weight is 296 g/mol. The maximum atomic E-state index is 9.49. The van der Waals surface area contributed by atoms with Crippen LogP contribution in [0, 0.1) is 11.8 Å². The molecule has 4 heterocycles. The Bertz CT molecular complexity index is 690. The van der Waals surface area contributed by atoms with Crippen molar-refractivity contribution in [2.45, 2.75) is 25.3 Å². The third-order valence-electron chi connectivity index (χ3n) is 5.65. The summed E-state index contributed by atoms with van der Waals surface area (Å²) in [4.78, 5) is 6.27. The molecule has 116 valence electrons. The average Bonchev–Trinajstić information content (AvgIpc) is 2.94. The smallest absolute Gasteiger partial charge is 0.0504 e. The van der Waals surface area contributed by atoms with Gasteiger partial charge >= 0.3 is 0 Å². The van der Waals surface area contributed by atoms with Crippen LogP contribution in [0.3, 0.4) is 0 Å². The summed E-state index contributed by atoms with van der Waals surface area (Å²) in [6.07, 6.45) is 5.39. The maximum Gasteiger partial charge on any atom is 0.0504 e. The highest BCUT2D eigenvalue weighted by atomic mass is 16.2. The van der Waals surface area contributed by atoms with E-state index < -0.39 is 0 Å². The van der Waals surface area contributed by atoms with Gasteiger partial charge in [-0.05, 0) is 49.3 Å². The van der Waals surface area contributed by atoms with Gasteiger partial charge in [0.25, 0.3) is 0 Å². The lowest BCUT2D eigenvalue weighted by Crippen LogP contribution is -2.48. The van der Waals surface area contributed by atoms with Crippen LogP contribution in [0.15, 0.2) is 36.9 Å². The fraction of sp³-hybridized carbons (Fsp3) is 0.474. The summed E-state index contributed by atoms with van der Waals surface area (Å²) in [6, 6.07) is 8.95. The zero-order chi connectivity index (χ0) is 15.1. The van der Waals surface area contributed by atoms with Gasteiger partial charge in [0.1, 0.15) is 0 Å². The van der Waals surface area contributed by atoms with Gasteiger partial charge in [-0.25, -0.2) is 0 Å². The lowest BCUT2D eigenvalue weighted by Gasteiger charge is -2.49. The number of nitrogens with zero attached hydrogens (tertiary/aromatic N) is 1. The first-order chi connectivity index (χ1) is 10.8. The Morgan fingerprint density at radius 3 is 2.95 bits per heavy atom. The molecule has 22 heavy (non-hydrogen) atoms. The van der Waals surface area contributed by atoms with E-state index >= 15 is 0 Å². The predicted octanol–water partition coefficient (Wildman–Crippen LogP) is 3.27. The van der Waals surface area contributed by atoms with Crippen LogP contribution in [0.4, 0.5) is 0 Å². The van der Waals surface area contributed by atoms with Crippen LogP contribution in [-0.2, 0) is 6.42 Å². The van der Waals surface area contributed by atoms with E-state index in [0.29, 0.717) is 12.0 Å². The molecule has 2 N–H and O–H groups in total. The Kier molecular flexibility index (Phi) is 3.55. The van der Waals surface area contributed by atoms with E-state index in [1.54, 1.807) is 0 Å². The minimum atomic E-state index is 0.209. The van der Waals surface area contributed by atoms with E-state index in [1.165, 1.54) is 41.5 Å². The monoisotopic (exact) mass is 296 g/mol. The lowest BCUT2D eigenvalue weighted by molar-refractivity contribution is 0.0163. The number of hydrogen-bond acceptors (Lipinski definition) is 2. The SMILES string of the molecule is C=C[C@H]1CN2CC[C@@H]1CC2c1[nH]c2ccccc2c1CCO. The Hall–Kier alpha value is -1.58. The fourth-order valence-corrected chi connectivity index (χ4v) is 4.52. The topological polar surface area (TPSA) is 39.3 Å². The highest BCUT2D eigenvalue weighted by Gasteiger charge is 2.40. The summed E-state index contributed by atoms with van der Waals surface area (Å²) in [5, 5.41) is 10.8. The van der Waals surface area contributed by atoms with E-state index in [-0.39, 0.29) is 6.61 Å². The van der Waals surface area contributed by atoms with E-state index in [4.69, 9.17) is 0 Å². The minimum absolute atomic E-state index is 0.209. The maximum absolute atomic E-state index is 9.49. The van der Waals surface area contributed by atoms with Crippen LogP contribution in [0.5, 0.6) is 0 Å².